The van der Waals surface area contributed by atoms with E-state index in [1.54, 1.807) is 0 Å². The van der Waals surface area contributed by atoms with Gasteiger partial charge in [0.05, 0.1) is 0 Å². The van der Waals surface area contributed by atoms with Crippen molar-refractivity contribution in [3.8, 4) is 33.4 Å². The van der Waals surface area contributed by atoms with Crippen LogP contribution in [0.15, 0.2) is 158 Å². The van der Waals surface area contributed by atoms with Gasteiger partial charge in [0.1, 0.15) is 0 Å². The molecule has 0 aliphatic heterocycles. The van der Waals surface area contributed by atoms with Crippen LogP contribution in [0.2, 0.25) is 0 Å². The summed E-state index contributed by atoms with van der Waals surface area (Å²) in [4.78, 5) is 0. The van der Waals surface area contributed by atoms with Crippen molar-refractivity contribution < 1.29 is 0 Å². The first-order chi connectivity index (χ1) is 21.5. The molecule has 0 nitrogen and oxygen atoms in total. The van der Waals surface area contributed by atoms with E-state index in [1.807, 2.05) is 0 Å². The lowest BCUT2D eigenvalue weighted by Gasteiger charge is -2.20. The SMILES string of the molecule is C=C(C)/C(=C\C(C)C)c1cccc(-c2c3ccccc3c(-c3cccc4c(-c5ccccc5)cccc34)c3ccccc23)c1. The maximum Gasteiger partial charge on any atom is -0.00201 e. The number of rotatable bonds is 6. The lowest BCUT2D eigenvalue weighted by atomic mass is 9.83. The second kappa shape index (κ2) is 11.5. The fourth-order valence-corrected chi connectivity index (χ4v) is 6.79. The van der Waals surface area contributed by atoms with E-state index in [0.29, 0.717) is 5.92 Å². The summed E-state index contributed by atoms with van der Waals surface area (Å²) in [5.41, 5.74) is 11.1. The van der Waals surface area contributed by atoms with Gasteiger partial charge in [0, 0.05) is 0 Å². The minimum absolute atomic E-state index is 0.439. The van der Waals surface area contributed by atoms with Gasteiger partial charge in [0.25, 0.3) is 0 Å². The van der Waals surface area contributed by atoms with Crippen molar-refractivity contribution in [1.29, 1.82) is 0 Å². The molecule has 0 saturated heterocycles. The highest BCUT2D eigenvalue weighted by molar-refractivity contribution is 6.24. The standard InChI is InChI=1S/C44H36/c1-29(2)27-42(30(3)4)32-17-12-18-33(28-32)43-38-19-8-10-21-40(38)44(41-22-11-9-20-39(41)43)37-26-14-24-35-34(23-13-25-36(35)37)31-15-6-5-7-16-31/h5-29H,3H2,1-2,4H3/b42-27+. The zero-order chi connectivity index (χ0) is 30.2. The number of fused-ring (bicyclic) bond motifs is 3. The second-order valence-electron chi connectivity index (χ2n) is 12.1. The molecule has 212 valence electrons. The molecule has 0 N–H and O–H groups in total. The van der Waals surface area contributed by atoms with Crippen LogP contribution in [0.25, 0.3) is 71.3 Å². The van der Waals surface area contributed by atoms with E-state index in [1.165, 1.54) is 76.8 Å². The Morgan fingerprint density at radius 2 is 0.977 bits per heavy atom. The zero-order valence-electron chi connectivity index (χ0n) is 25.6. The molecule has 0 atom stereocenters. The van der Waals surface area contributed by atoms with Crippen molar-refractivity contribution in [2.45, 2.75) is 20.8 Å². The summed E-state index contributed by atoms with van der Waals surface area (Å²) in [7, 11) is 0. The second-order valence-corrected chi connectivity index (χ2v) is 12.1. The van der Waals surface area contributed by atoms with Crippen molar-refractivity contribution in [2.75, 3.05) is 0 Å². The molecule has 0 aliphatic rings. The fraction of sp³-hybridized carbons (Fsp3) is 0.0909. The van der Waals surface area contributed by atoms with Crippen LogP contribution in [-0.4, -0.2) is 0 Å². The molecule has 7 aromatic rings. The summed E-state index contributed by atoms with van der Waals surface area (Å²) in [6, 6.07) is 51.0. The van der Waals surface area contributed by atoms with Gasteiger partial charge in [-0.1, -0.05) is 166 Å². The average Bonchev–Trinajstić information content (AvgIpc) is 3.06. The molecule has 0 saturated carbocycles. The van der Waals surface area contributed by atoms with E-state index in [9.17, 15) is 0 Å². The average molecular weight is 565 g/mol. The number of hydrogen-bond acceptors (Lipinski definition) is 0. The van der Waals surface area contributed by atoms with Crippen molar-refractivity contribution in [3.63, 3.8) is 0 Å². The zero-order valence-corrected chi connectivity index (χ0v) is 25.6. The Hall–Kier alpha value is -5.20. The van der Waals surface area contributed by atoms with Crippen LogP contribution >= 0.6 is 0 Å². The van der Waals surface area contributed by atoms with Crippen LogP contribution in [0.1, 0.15) is 26.3 Å². The smallest absolute Gasteiger partial charge is 0.00201 e. The highest BCUT2D eigenvalue weighted by Gasteiger charge is 2.19. The molecule has 44 heavy (non-hydrogen) atoms. The van der Waals surface area contributed by atoms with Gasteiger partial charge in [-0.3, -0.25) is 0 Å². The van der Waals surface area contributed by atoms with Crippen LogP contribution in [0.3, 0.4) is 0 Å². The molecular weight excluding hydrogens is 528 g/mol. The van der Waals surface area contributed by atoms with Crippen molar-refractivity contribution in [3.05, 3.63) is 163 Å². The molecule has 7 aromatic carbocycles. The van der Waals surface area contributed by atoms with Crippen LogP contribution in [-0.2, 0) is 0 Å². The van der Waals surface area contributed by atoms with Gasteiger partial charge >= 0.3 is 0 Å². The molecular formula is C44H36. The lowest BCUT2D eigenvalue weighted by Crippen LogP contribution is -1.94. The molecule has 7 rings (SSSR count). The molecule has 0 unspecified atom stereocenters. The summed E-state index contributed by atoms with van der Waals surface area (Å²) >= 11 is 0. The van der Waals surface area contributed by atoms with Crippen LogP contribution in [0, 0.1) is 5.92 Å². The third-order valence-corrected chi connectivity index (χ3v) is 8.63. The third kappa shape index (κ3) is 4.83. The monoisotopic (exact) mass is 564 g/mol. The van der Waals surface area contributed by atoms with Crippen molar-refractivity contribution in [2.24, 2.45) is 5.92 Å². The number of allylic oxidation sites excluding steroid dienone is 3. The normalized spacial score (nSPS) is 12.0. The Kier molecular flexibility index (Phi) is 7.20. The van der Waals surface area contributed by atoms with Gasteiger partial charge in [-0.15, -0.1) is 0 Å². The highest BCUT2D eigenvalue weighted by atomic mass is 14.2. The van der Waals surface area contributed by atoms with Crippen molar-refractivity contribution in [1.82, 2.24) is 0 Å². The summed E-state index contributed by atoms with van der Waals surface area (Å²) in [6.07, 6.45) is 2.32. The van der Waals surface area contributed by atoms with Gasteiger partial charge < -0.3 is 0 Å². The molecule has 0 heteroatoms. The summed E-state index contributed by atoms with van der Waals surface area (Å²) in [6.45, 7) is 10.9. The predicted octanol–water partition coefficient (Wildman–Crippen LogP) is 12.8. The Balaban J connectivity index is 1.54. The largest absolute Gasteiger partial charge is 0.0955 e. The quantitative estimate of drug-likeness (QED) is 0.139. The molecule has 0 fully saturated rings. The lowest BCUT2D eigenvalue weighted by molar-refractivity contribution is 0.833. The maximum atomic E-state index is 4.31. The topological polar surface area (TPSA) is 0 Å². The van der Waals surface area contributed by atoms with E-state index in [0.717, 1.165) is 5.57 Å². The number of benzene rings is 7. The first-order valence-corrected chi connectivity index (χ1v) is 15.5. The molecule has 0 bridgehead atoms. The van der Waals surface area contributed by atoms with E-state index in [-0.39, 0.29) is 0 Å². The van der Waals surface area contributed by atoms with Crippen LogP contribution in [0.5, 0.6) is 0 Å². The van der Waals surface area contributed by atoms with Crippen LogP contribution in [0.4, 0.5) is 0 Å². The molecule has 0 amide bonds. The summed E-state index contributed by atoms with van der Waals surface area (Å²) in [5.74, 6) is 0.439. The van der Waals surface area contributed by atoms with Gasteiger partial charge in [0.2, 0.25) is 0 Å². The predicted molar refractivity (Wildman–Crippen MR) is 193 cm³/mol. The van der Waals surface area contributed by atoms with Gasteiger partial charge in [-0.25, -0.2) is 0 Å². The first-order valence-electron chi connectivity index (χ1n) is 15.5. The molecule has 0 spiro atoms. The fourth-order valence-electron chi connectivity index (χ4n) is 6.79. The Morgan fingerprint density at radius 1 is 0.500 bits per heavy atom. The van der Waals surface area contributed by atoms with E-state index < -0.39 is 0 Å². The summed E-state index contributed by atoms with van der Waals surface area (Å²) in [5, 5.41) is 7.59. The van der Waals surface area contributed by atoms with E-state index >= 15 is 0 Å². The van der Waals surface area contributed by atoms with Gasteiger partial charge in [0.15, 0.2) is 0 Å². The minimum Gasteiger partial charge on any atom is -0.0955 e. The van der Waals surface area contributed by atoms with E-state index in [4.69, 9.17) is 0 Å². The first kappa shape index (κ1) is 27.6. The summed E-state index contributed by atoms with van der Waals surface area (Å²) < 4.78 is 0. The maximum absolute atomic E-state index is 4.31. The number of hydrogen-bond donors (Lipinski definition) is 0. The Bertz CT molecular complexity index is 2150. The van der Waals surface area contributed by atoms with Crippen molar-refractivity contribution >= 4 is 37.9 Å². The van der Waals surface area contributed by atoms with E-state index in [2.05, 4.69) is 173 Å². The third-order valence-electron chi connectivity index (χ3n) is 8.63. The Labute approximate surface area is 260 Å². The molecule has 0 heterocycles. The van der Waals surface area contributed by atoms with Crippen LogP contribution < -0.4 is 0 Å². The van der Waals surface area contributed by atoms with Gasteiger partial charge in [-0.05, 0) is 95.7 Å². The molecule has 0 aliphatic carbocycles. The molecule has 0 aromatic heterocycles. The minimum atomic E-state index is 0.439. The Morgan fingerprint density at radius 3 is 1.57 bits per heavy atom. The molecule has 0 radical (unpaired) electrons. The highest BCUT2D eigenvalue weighted by Crippen LogP contribution is 2.46. The van der Waals surface area contributed by atoms with Gasteiger partial charge in [-0.2, -0.15) is 0 Å².